The lowest BCUT2D eigenvalue weighted by Gasteiger charge is -2.10. The summed E-state index contributed by atoms with van der Waals surface area (Å²) >= 11 is 1.62. The van der Waals surface area contributed by atoms with Crippen LogP contribution in [-0.4, -0.2) is 32.0 Å². The molecule has 0 aliphatic carbocycles. The summed E-state index contributed by atoms with van der Waals surface area (Å²) in [6.45, 7) is 0.389. The minimum Gasteiger partial charge on any atom is -0.478 e. The van der Waals surface area contributed by atoms with Gasteiger partial charge in [0.05, 0.1) is 29.7 Å². The van der Waals surface area contributed by atoms with Crippen LogP contribution in [0.5, 0.6) is 0 Å². The number of aromatic nitrogens is 3. The Morgan fingerprint density at radius 1 is 0.944 bits per heavy atom. The molecule has 2 heterocycles. The molecule has 0 saturated heterocycles. The lowest BCUT2D eigenvalue weighted by atomic mass is 10.1. The van der Waals surface area contributed by atoms with Crippen molar-refractivity contribution >= 4 is 34.6 Å². The van der Waals surface area contributed by atoms with Crippen LogP contribution < -0.4 is 11.1 Å². The molecule has 0 fully saturated rings. The molecule has 36 heavy (non-hydrogen) atoms. The monoisotopic (exact) mass is 495 g/mol. The number of amides is 1. The predicted molar refractivity (Wildman–Crippen MR) is 140 cm³/mol. The first-order valence-electron chi connectivity index (χ1n) is 11.0. The maximum atomic E-state index is 12.9. The van der Waals surface area contributed by atoms with Gasteiger partial charge in [0.15, 0.2) is 0 Å². The molecule has 4 N–H and O–H groups in total. The van der Waals surface area contributed by atoms with Crippen LogP contribution in [0, 0.1) is 0 Å². The second-order valence-corrected chi connectivity index (χ2v) is 9.07. The first kappa shape index (κ1) is 23.0. The molecule has 2 aromatic heterocycles. The Hall–Kier alpha value is -4.76. The highest BCUT2D eigenvalue weighted by Gasteiger charge is 2.12. The van der Waals surface area contributed by atoms with E-state index in [-0.39, 0.29) is 11.5 Å². The molecule has 5 aromatic rings. The quantitative estimate of drug-likeness (QED) is 0.265. The fourth-order valence-electron chi connectivity index (χ4n) is 3.75. The van der Waals surface area contributed by atoms with E-state index >= 15 is 0 Å². The van der Waals surface area contributed by atoms with Gasteiger partial charge >= 0.3 is 5.97 Å². The highest BCUT2D eigenvalue weighted by molar-refractivity contribution is 7.13. The number of carboxylic acid groups (broad SMARTS) is 1. The fraction of sp³-hybridized carbons (Fsp3) is 0.0370. The van der Waals surface area contributed by atoms with E-state index in [1.807, 2.05) is 35.7 Å². The summed E-state index contributed by atoms with van der Waals surface area (Å²) in [5.41, 5.74) is 11.1. The van der Waals surface area contributed by atoms with Crippen LogP contribution in [-0.2, 0) is 6.54 Å². The molecule has 0 bridgehead atoms. The summed E-state index contributed by atoms with van der Waals surface area (Å²) in [6, 6.07) is 23.3. The number of aromatic carboxylic acids is 1. The van der Waals surface area contributed by atoms with Crippen LogP contribution in [0.2, 0.25) is 0 Å². The molecular formula is C27H21N5O3S. The summed E-state index contributed by atoms with van der Waals surface area (Å²) < 4.78 is 1.64. The van der Waals surface area contributed by atoms with Crippen molar-refractivity contribution in [1.82, 2.24) is 15.0 Å². The summed E-state index contributed by atoms with van der Waals surface area (Å²) in [5, 5.41) is 22.4. The topological polar surface area (TPSA) is 123 Å². The van der Waals surface area contributed by atoms with E-state index in [4.69, 9.17) is 10.8 Å². The SMILES string of the molecule is Nc1ccc(-c2cccs2)cc1NC(=O)c1ccc(-c2cn(Cc3cccc(C(=O)O)c3)nn2)cc1. The molecule has 8 nitrogen and oxygen atoms in total. The Morgan fingerprint density at radius 3 is 2.50 bits per heavy atom. The molecule has 3 aromatic carbocycles. The highest BCUT2D eigenvalue weighted by Crippen LogP contribution is 2.30. The summed E-state index contributed by atoms with van der Waals surface area (Å²) in [5.74, 6) is -1.24. The van der Waals surface area contributed by atoms with Crippen molar-refractivity contribution in [1.29, 1.82) is 0 Å². The molecule has 178 valence electrons. The third-order valence-corrected chi connectivity index (χ3v) is 6.53. The van der Waals surface area contributed by atoms with Gasteiger partial charge in [-0.3, -0.25) is 4.79 Å². The van der Waals surface area contributed by atoms with Crippen LogP contribution in [0.3, 0.4) is 0 Å². The second-order valence-electron chi connectivity index (χ2n) is 8.12. The maximum absolute atomic E-state index is 12.9. The van der Waals surface area contributed by atoms with E-state index in [9.17, 15) is 9.59 Å². The molecule has 0 spiro atoms. The van der Waals surface area contributed by atoms with Gasteiger partial charge in [0.2, 0.25) is 0 Å². The molecule has 9 heteroatoms. The number of carbonyl (C=O) groups excluding carboxylic acids is 1. The molecular weight excluding hydrogens is 474 g/mol. The highest BCUT2D eigenvalue weighted by atomic mass is 32.1. The van der Waals surface area contributed by atoms with Gasteiger partial charge in [0.25, 0.3) is 5.91 Å². The van der Waals surface area contributed by atoms with Crippen molar-refractivity contribution in [2.24, 2.45) is 0 Å². The van der Waals surface area contributed by atoms with Crippen molar-refractivity contribution in [3.63, 3.8) is 0 Å². The van der Waals surface area contributed by atoms with Crippen molar-refractivity contribution in [3.05, 3.63) is 107 Å². The van der Waals surface area contributed by atoms with Gasteiger partial charge in [0.1, 0.15) is 5.69 Å². The van der Waals surface area contributed by atoms with Crippen molar-refractivity contribution in [2.45, 2.75) is 6.54 Å². The van der Waals surface area contributed by atoms with E-state index in [0.29, 0.717) is 29.2 Å². The van der Waals surface area contributed by atoms with Crippen LogP contribution in [0.4, 0.5) is 11.4 Å². The van der Waals surface area contributed by atoms with Gasteiger partial charge in [-0.2, -0.15) is 0 Å². The second kappa shape index (κ2) is 9.85. The third kappa shape index (κ3) is 5.01. The Bertz CT molecular complexity index is 1540. The zero-order valence-electron chi connectivity index (χ0n) is 19.0. The number of nitrogens with one attached hydrogen (secondary N) is 1. The lowest BCUT2D eigenvalue weighted by Crippen LogP contribution is -2.13. The summed E-state index contributed by atoms with van der Waals surface area (Å²) in [6.07, 6.45) is 1.78. The molecule has 0 radical (unpaired) electrons. The maximum Gasteiger partial charge on any atom is 0.335 e. The number of benzene rings is 3. The average molecular weight is 496 g/mol. The van der Waals surface area contributed by atoms with Crippen molar-refractivity contribution in [3.8, 4) is 21.7 Å². The van der Waals surface area contributed by atoms with Crippen LogP contribution in [0.15, 0.2) is 90.4 Å². The van der Waals surface area contributed by atoms with E-state index < -0.39 is 5.97 Å². The molecule has 0 saturated carbocycles. The number of anilines is 2. The predicted octanol–water partition coefficient (Wildman–Crippen LogP) is 5.25. The van der Waals surface area contributed by atoms with Crippen LogP contribution >= 0.6 is 11.3 Å². The Balaban J connectivity index is 1.28. The zero-order valence-corrected chi connectivity index (χ0v) is 19.8. The largest absolute Gasteiger partial charge is 0.478 e. The number of thiophene rings is 1. The van der Waals surface area contributed by atoms with Crippen LogP contribution in [0.1, 0.15) is 26.3 Å². The first-order valence-corrected chi connectivity index (χ1v) is 11.9. The van der Waals surface area contributed by atoms with Gasteiger partial charge in [-0.1, -0.05) is 41.6 Å². The minimum atomic E-state index is -0.974. The number of carboxylic acids is 1. The van der Waals surface area contributed by atoms with E-state index in [2.05, 4.69) is 15.6 Å². The number of hydrogen-bond acceptors (Lipinski definition) is 6. The Kier molecular flexibility index (Phi) is 6.29. The Morgan fingerprint density at radius 2 is 1.75 bits per heavy atom. The van der Waals surface area contributed by atoms with E-state index in [0.717, 1.165) is 21.6 Å². The van der Waals surface area contributed by atoms with Crippen molar-refractivity contribution < 1.29 is 14.7 Å². The number of nitrogen functional groups attached to an aromatic ring is 1. The number of nitrogens with two attached hydrogens (primary N) is 1. The van der Waals surface area contributed by atoms with E-state index in [1.54, 1.807) is 70.7 Å². The first-order chi connectivity index (χ1) is 17.5. The molecule has 0 atom stereocenters. The Labute approximate surface area is 210 Å². The van der Waals surface area contributed by atoms with Gasteiger partial charge in [-0.25, -0.2) is 9.48 Å². The summed E-state index contributed by atoms with van der Waals surface area (Å²) in [7, 11) is 0. The average Bonchev–Trinajstić information content (AvgIpc) is 3.58. The number of nitrogens with zero attached hydrogens (tertiary/aromatic N) is 3. The number of hydrogen-bond donors (Lipinski definition) is 3. The molecule has 0 aliphatic heterocycles. The van der Waals surface area contributed by atoms with Gasteiger partial charge in [0, 0.05) is 16.0 Å². The number of carbonyl (C=O) groups is 2. The molecule has 0 aliphatic rings. The van der Waals surface area contributed by atoms with E-state index in [1.165, 1.54) is 0 Å². The molecule has 1 amide bonds. The summed E-state index contributed by atoms with van der Waals surface area (Å²) in [4.78, 5) is 25.1. The minimum absolute atomic E-state index is 0.224. The standard InChI is InChI=1S/C27H21N5O3S/c28-22-11-10-20(25-5-2-12-36-25)14-23(22)29-26(33)19-8-6-18(7-9-19)24-16-32(31-30-24)15-17-3-1-4-21(13-17)27(34)35/h1-14,16H,15,28H2,(H,29,33)(H,34,35). The number of rotatable bonds is 7. The van der Waals surface area contributed by atoms with Crippen molar-refractivity contribution in [2.75, 3.05) is 11.1 Å². The molecule has 5 rings (SSSR count). The zero-order chi connectivity index (χ0) is 25.1. The third-order valence-electron chi connectivity index (χ3n) is 5.61. The lowest BCUT2D eigenvalue weighted by molar-refractivity contribution is 0.0696. The van der Waals surface area contributed by atoms with Crippen LogP contribution in [0.25, 0.3) is 21.7 Å². The normalized spacial score (nSPS) is 10.8. The van der Waals surface area contributed by atoms with Gasteiger partial charge in [-0.15, -0.1) is 16.4 Å². The smallest absolute Gasteiger partial charge is 0.335 e. The fourth-order valence-corrected chi connectivity index (χ4v) is 4.47. The van der Waals surface area contributed by atoms with Gasteiger partial charge < -0.3 is 16.2 Å². The molecule has 0 unspecified atom stereocenters. The van der Waals surface area contributed by atoms with Gasteiger partial charge in [-0.05, 0) is 59.0 Å².